The Morgan fingerprint density at radius 1 is 0.455 bits per heavy atom. The van der Waals surface area contributed by atoms with E-state index in [-0.39, 0.29) is 10.9 Å². The first-order valence-corrected chi connectivity index (χ1v) is 13.1. The molecule has 5 aromatic rings. The van der Waals surface area contributed by atoms with Crippen LogP contribution in [0.25, 0.3) is 11.1 Å². The van der Waals surface area contributed by atoms with Crippen molar-refractivity contribution in [3.8, 4) is 22.6 Å². The van der Waals surface area contributed by atoms with E-state index in [2.05, 4.69) is 144 Å². The lowest BCUT2D eigenvalue weighted by atomic mass is 10.1. The lowest BCUT2D eigenvalue weighted by molar-refractivity contribution is 0.482. The molecule has 0 bridgehead atoms. The fraction of sp³-hybridized carbons (Fsp3) is 0. The zero-order chi connectivity index (χ0) is 22.5. The van der Waals surface area contributed by atoms with E-state index in [1.54, 1.807) is 0 Å². The molecule has 0 aliphatic carbocycles. The first-order chi connectivity index (χ1) is 16.3. The second-order valence-corrected chi connectivity index (χ2v) is 10.7. The summed E-state index contributed by atoms with van der Waals surface area (Å²) < 4.78 is 7.39. The smallest absolute Gasteiger partial charge is 0.166 e. The Morgan fingerprint density at radius 2 is 0.909 bits per heavy atom. The van der Waals surface area contributed by atoms with Crippen LogP contribution in [0.3, 0.4) is 0 Å². The zero-order valence-corrected chi connectivity index (χ0v) is 20.9. The highest BCUT2D eigenvalue weighted by Crippen LogP contribution is 2.33. The van der Waals surface area contributed by atoms with Gasteiger partial charge in [-0.15, -0.1) is 0 Å². The molecule has 0 unspecified atom stereocenters. The Morgan fingerprint density at radius 3 is 1.45 bits per heavy atom. The fourth-order valence-corrected chi connectivity index (χ4v) is 6.48. The molecule has 0 aliphatic heterocycles. The van der Waals surface area contributed by atoms with Crippen molar-refractivity contribution in [2.24, 2.45) is 0 Å². The Labute approximate surface area is 211 Å². The fourth-order valence-electron chi connectivity index (χ4n) is 3.70. The van der Waals surface area contributed by atoms with Gasteiger partial charge in [0.1, 0.15) is 11.5 Å². The van der Waals surface area contributed by atoms with Gasteiger partial charge >= 0.3 is 0 Å². The molecule has 0 atom stereocenters. The van der Waals surface area contributed by atoms with E-state index in [9.17, 15) is 0 Å². The van der Waals surface area contributed by atoms with Gasteiger partial charge in [-0.25, -0.2) is 0 Å². The maximum Gasteiger partial charge on any atom is 0.166 e. The molecular formula is C30H22IOS+. The number of rotatable bonds is 6. The summed E-state index contributed by atoms with van der Waals surface area (Å²) in [4.78, 5) is 3.89. The molecule has 0 amide bonds. The van der Waals surface area contributed by atoms with E-state index in [1.807, 2.05) is 12.1 Å². The molecule has 0 aliphatic rings. The van der Waals surface area contributed by atoms with Crippen molar-refractivity contribution in [3.05, 3.63) is 137 Å². The summed E-state index contributed by atoms with van der Waals surface area (Å²) in [6, 6.07) is 46.6. The zero-order valence-electron chi connectivity index (χ0n) is 17.9. The SMILES string of the molecule is Ic1ccccc1-c1ccc(Oc2ccc([S+](c3ccccc3)c3ccccc3)cc2)cc1. The molecule has 5 rings (SSSR count). The van der Waals surface area contributed by atoms with Gasteiger partial charge in [0.2, 0.25) is 0 Å². The number of ether oxygens (including phenoxy) is 1. The third-order valence-electron chi connectivity index (χ3n) is 5.29. The Hall–Kier alpha value is -3.02. The average molecular weight is 557 g/mol. The van der Waals surface area contributed by atoms with Gasteiger partial charge in [-0.2, -0.15) is 0 Å². The molecule has 33 heavy (non-hydrogen) atoms. The Balaban J connectivity index is 1.37. The van der Waals surface area contributed by atoms with Gasteiger partial charge in [0, 0.05) is 3.57 Å². The predicted octanol–water partition coefficient (Wildman–Crippen LogP) is 8.85. The van der Waals surface area contributed by atoms with Crippen molar-refractivity contribution in [3.63, 3.8) is 0 Å². The quantitative estimate of drug-likeness (QED) is 0.150. The summed E-state index contributed by atoms with van der Waals surface area (Å²) in [6.07, 6.45) is 0. The highest BCUT2D eigenvalue weighted by molar-refractivity contribution is 14.1. The molecule has 0 spiro atoms. The summed E-state index contributed by atoms with van der Waals surface area (Å²) >= 11 is 2.38. The molecule has 0 heterocycles. The maximum absolute atomic E-state index is 6.15. The maximum atomic E-state index is 6.15. The molecule has 0 N–H and O–H groups in total. The van der Waals surface area contributed by atoms with Gasteiger partial charge in [0.05, 0.1) is 10.9 Å². The van der Waals surface area contributed by atoms with Crippen molar-refractivity contribution >= 4 is 33.5 Å². The topological polar surface area (TPSA) is 9.23 Å². The average Bonchev–Trinajstić information content (AvgIpc) is 2.88. The van der Waals surface area contributed by atoms with Crippen LogP contribution in [0, 0.1) is 3.57 Å². The van der Waals surface area contributed by atoms with Crippen LogP contribution in [-0.2, 0) is 10.9 Å². The molecule has 0 aromatic heterocycles. The Kier molecular flexibility index (Phi) is 6.79. The molecular weight excluding hydrogens is 535 g/mol. The first kappa shape index (κ1) is 21.8. The highest BCUT2D eigenvalue weighted by Gasteiger charge is 2.28. The van der Waals surface area contributed by atoms with E-state index in [0.29, 0.717) is 0 Å². The van der Waals surface area contributed by atoms with Gasteiger partial charge in [-0.05, 0) is 100 Å². The summed E-state index contributed by atoms with van der Waals surface area (Å²) in [6.45, 7) is 0. The van der Waals surface area contributed by atoms with E-state index in [0.717, 1.165) is 11.5 Å². The lowest BCUT2D eigenvalue weighted by Gasteiger charge is -2.10. The molecule has 3 heteroatoms. The minimum absolute atomic E-state index is 0.152. The van der Waals surface area contributed by atoms with Gasteiger partial charge < -0.3 is 4.74 Å². The van der Waals surface area contributed by atoms with Gasteiger partial charge in [0.15, 0.2) is 14.7 Å². The minimum Gasteiger partial charge on any atom is -0.457 e. The van der Waals surface area contributed by atoms with Crippen LogP contribution in [0.1, 0.15) is 0 Å². The van der Waals surface area contributed by atoms with Gasteiger partial charge in [0.25, 0.3) is 0 Å². The van der Waals surface area contributed by atoms with E-state index < -0.39 is 0 Å². The molecule has 5 aromatic carbocycles. The van der Waals surface area contributed by atoms with Crippen molar-refractivity contribution in [2.75, 3.05) is 0 Å². The molecule has 160 valence electrons. The van der Waals surface area contributed by atoms with E-state index in [1.165, 1.54) is 29.4 Å². The van der Waals surface area contributed by atoms with Crippen LogP contribution in [0.5, 0.6) is 11.5 Å². The monoisotopic (exact) mass is 557 g/mol. The molecule has 0 saturated heterocycles. The number of hydrogen-bond acceptors (Lipinski definition) is 1. The van der Waals surface area contributed by atoms with E-state index in [4.69, 9.17) is 4.74 Å². The lowest BCUT2D eigenvalue weighted by Crippen LogP contribution is -2.04. The van der Waals surface area contributed by atoms with Crippen molar-refractivity contribution in [1.82, 2.24) is 0 Å². The molecule has 1 nitrogen and oxygen atoms in total. The van der Waals surface area contributed by atoms with Crippen LogP contribution >= 0.6 is 22.6 Å². The van der Waals surface area contributed by atoms with Crippen LogP contribution in [0.15, 0.2) is 148 Å². The predicted molar refractivity (Wildman–Crippen MR) is 146 cm³/mol. The van der Waals surface area contributed by atoms with Gasteiger partial charge in [-0.1, -0.05) is 66.7 Å². The van der Waals surface area contributed by atoms with Crippen molar-refractivity contribution in [2.45, 2.75) is 14.7 Å². The summed E-state index contributed by atoms with van der Waals surface area (Å²) in [7, 11) is -0.152. The van der Waals surface area contributed by atoms with Crippen LogP contribution in [-0.4, -0.2) is 0 Å². The summed E-state index contributed by atoms with van der Waals surface area (Å²) in [5.41, 5.74) is 2.43. The van der Waals surface area contributed by atoms with Crippen LogP contribution < -0.4 is 4.74 Å². The van der Waals surface area contributed by atoms with E-state index >= 15 is 0 Å². The highest BCUT2D eigenvalue weighted by atomic mass is 127. The summed E-state index contributed by atoms with van der Waals surface area (Å²) in [5.74, 6) is 1.67. The summed E-state index contributed by atoms with van der Waals surface area (Å²) in [5, 5.41) is 0. The Bertz CT molecular complexity index is 1280. The second kappa shape index (κ2) is 10.3. The third kappa shape index (κ3) is 5.15. The normalized spacial score (nSPS) is 10.8. The molecule has 0 saturated carbocycles. The minimum atomic E-state index is -0.152. The number of halogens is 1. The van der Waals surface area contributed by atoms with Crippen molar-refractivity contribution < 1.29 is 4.74 Å². The van der Waals surface area contributed by atoms with Crippen LogP contribution in [0.4, 0.5) is 0 Å². The second-order valence-electron chi connectivity index (χ2n) is 7.51. The molecule has 0 fully saturated rings. The first-order valence-electron chi connectivity index (χ1n) is 10.8. The standard InChI is InChI=1S/C30H22IOS/c31-30-14-8-7-13-29(30)23-15-17-24(18-16-23)32-25-19-21-28(22-20-25)33(26-9-3-1-4-10-26)27-11-5-2-6-12-27/h1-22H/q+1. The number of hydrogen-bond donors (Lipinski definition) is 0. The van der Waals surface area contributed by atoms with Crippen LogP contribution in [0.2, 0.25) is 0 Å². The van der Waals surface area contributed by atoms with Crippen molar-refractivity contribution in [1.29, 1.82) is 0 Å². The third-order valence-corrected chi connectivity index (χ3v) is 8.46. The molecule has 0 radical (unpaired) electrons. The largest absolute Gasteiger partial charge is 0.457 e. The van der Waals surface area contributed by atoms with Gasteiger partial charge in [-0.3, -0.25) is 0 Å². The number of benzene rings is 5.